The lowest BCUT2D eigenvalue weighted by atomic mass is 10.1. The Morgan fingerprint density at radius 2 is 1.56 bits per heavy atom. The van der Waals surface area contributed by atoms with Gasteiger partial charge in [0, 0.05) is 43.3 Å². The number of anilines is 1. The standard InChI is InChI=1S/C29H33N5O5/c1-37-23-9-4-20(5-10-23)29(36)34(22-7-8-22)19-28(35)33-16-14-32(15-17-33)27-13-11-24(30-31-27)21-6-12-25(38-2)26(18-21)39-3/h4-6,9-13,18,22H,7-8,14-17,19H2,1-3H3. The molecule has 204 valence electrons. The molecular formula is C29H33N5O5. The SMILES string of the molecule is COc1ccc(C(=O)N(CC(=O)N2CCN(c3ccc(-c4ccc(OC)c(OC)c4)nn3)CC2)C2CC2)cc1. The van der Waals surface area contributed by atoms with Crippen LogP contribution in [0.5, 0.6) is 17.2 Å². The molecule has 0 bridgehead atoms. The second-order valence-electron chi connectivity index (χ2n) is 9.61. The molecule has 0 atom stereocenters. The highest BCUT2D eigenvalue weighted by Crippen LogP contribution is 2.32. The minimum absolute atomic E-state index is 0.0294. The van der Waals surface area contributed by atoms with Crippen molar-refractivity contribution in [2.45, 2.75) is 18.9 Å². The molecule has 5 rings (SSSR count). The van der Waals surface area contributed by atoms with Crippen molar-refractivity contribution in [1.29, 1.82) is 0 Å². The number of hydrogen-bond donors (Lipinski definition) is 0. The normalized spacial score (nSPS) is 15.1. The number of carbonyl (C=O) groups excluding carboxylic acids is 2. The number of amides is 2. The van der Waals surface area contributed by atoms with Crippen LogP contribution in [0, 0.1) is 0 Å². The van der Waals surface area contributed by atoms with E-state index in [2.05, 4.69) is 15.1 Å². The van der Waals surface area contributed by atoms with Crippen LogP contribution in [-0.4, -0.2) is 91.9 Å². The fourth-order valence-electron chi connectivity index (χ4n) is 4.73. The Bertz CT molecular complexity index is 1300. The van der Waals surface area contributed by atoms with Crippen LogP contribution in [0.25, 0.3) is 11.3 Å². The average Bonchev–Trinajstić information content (AvgIpc) is 3.85. The lowest BCUT2D eigenvalue weighted by Crippen LogP contribution is -2.52. The van der Waals surface area contributed by atoms with E-state index >= 15 is 0 Å². The van der Waals surface area contributed by atoms with E-state index in [1.165, 1.54) is 0 Å². The maximum atomic E-state index is 13.2. The number of rotatable bonds is 9. The van der Waals surface area contributed by atoms with E-state index in [1.54, 1.807) is 50.5 Å². The molecule has 2 aromatic carbocycles. The Balaban J connectivity index is 1.17. The minimum Gasteiger partial charge on any atom is -0.497 e. The zero-order chi connectivity index (χ0) is 27.4. The smallest absolute Gasteiger partial charge is 0.254 e. The van der Waals surface area contributed by atoms with Gasteiger partial charge in [-0.2, -0.15) is 0 Å². The molecule has 1 aliphatic heterocycles. The maximum Gasteiger partial charge on any atom is 0.254 e. The van der Waals surface area contributed by atoms with Gasteiger partial charge >= 0.3 is 0 Å². The fourth-order valence-corrected chi connectivity index (χ4v) is 4.73. The Morgan fingerprint density at radius 3 is 2.15 bits per heavy atom. The Morgan fingerprint density at radius 1 is 0.846 bits per heavy atom. The lowest BCUT2D eigenvalue weighted by Gasteiger charge is -2.36. The Hall–Kier alpha value is -4.34. The first-order chi connectivity index (χ1) is 19.0. The summed E-state index contributed by atoms with van der Waals surface area (Å²) < 4.78 is 15.9. The Labute approximate surface area is 228 Å². The number of methoxy groups -OCH3 is 3. The molecule has 0 unspecified atom stereocenters. The first-order valence-corrected chi connectivity index (χ1v) is 13.0. The molecule has 2 aliphatic rings. The van der Waals surface area contributed by atoms with Gasteiger partial charge in [-0.3, -0.25) is 9.59 Å². The van der Waals surface area contributed by atoms with Gasteiger partial charge < -0.3 is 28.9 Å². The number of nitrogens with zero attached hydrogens (tertiary/aromatic N) is 5. The maximum absolute atomic E-state index is 13.2. The lowest BCUT2D eigenvalue weighted by molar-refractivity contribution is -0.132. The zero-order valence-electron chi connectivity index (χ0n) is 22.5. The van der Waals surface area contributed by atoms with Gasteiger partial charge in [0.1, 0.15) is 12.3 Å². The van der Waals surface area contributed by atoms with Crippen molar-refractivity contribution in [2.24, 2.45) is 0 Å². The van der Waals surface area contributed by atoms with Crippen LogP contribution in [0.15, 0.2) is 54.6 Å². The molecular weight excluding hydrogens is 498 g/mol. The van der Waals surface area contributed by atoms with E-state index in [0.717, 1.165) is 29.9 Å². The number of carbonyl (C=O) groups is 2. The van der Waals surface area contributed by atoms with Crippen molar-refractivity contribution in [3.05, 3.63) is 60.2 Å². The van der Waals surface area contributed by atoms with Gasteiger partial charge in [0.25, 0.3) is 5.91 Å². The molecule has 0 radical (unpaired) electrons. The van der Waals surface area contributed by atoms with Crippen LogP contribution in [0.4, 0.5) is 5.82 Å². The third kappa shape index (κ3) is 5.89. The molecule has 10 nitrogen and oxygen atoms in total. The summed E-state index contributed by atoms with van der Waals surface area (Å²) in [5.41, 5.74) is 2.18. The van der Waals surface area contributed by atoms with Crippen molar-refractivity contribution in [2.75, 3.05) is 59.0 Å². The van der Waals surface area contributed by atoms with Crippen molar-refractivity contribution in [1.82, 2.24) is 20.0 Å². The molecule has 3 aromatic rings. The van der Waals surface area contributed by atoms with E-state index in [-0.39, 0.29) is 24.4 Å². The van der Waals surface area contributed by atoms with Crippen molar-refractivity contribution in [3.63, 3.8) is 0 Å². The Kier molecular flexibility index (Phi) is 7.81. The summed E-state index contributed by atoms with van der Waals surface area (Å²) in [7, 11) is 4.79. The summed E-state index contributed by atoms with van der Waals surface area (Å²) in [5, 5.41) is 8.85. The fraction of sp³-hybridized carbons (Fsp3) is 0.379. The van der Waals surface area contributed by atoms with Crippen LogP contribution in [-0.2, 0) is 4.79 Å². The van der Waals surface area contributed by atoms with Crippen LogP contribution in [0.1, 0.15) is 23.2 Å². The zero-order valence-corrected chi connectivity index (χ0v) is 22.5. The van der Waals surface area contributed by atoms with Crippen molar-refractivity contribution >= 4 is 17.6 Å². The van der Waals surface area contributed by atoms with Crippen LogP contribution >= 0.6 is 0 Å². The molecule has 0 spiro atoms. The second-order valence-corrected chi connectivity index (χ2v) is 9.61. The van der Waals surface area contributed by atoms with Crippen LogP contribution in [0.3, 0.4) is 0 Å². The van der Waals surface area contributed by atoms with E-state index in [0.29, 0.717) is 49.0 Å². The molecule has 2 fully saturated rings. The monoisotopic (exact) mass is 531 g/mol. The summed E-state index contributed by atoms with van der Waals surface area (Å²) in [4.78, 5) is 32.0. The van der Waals surface area contributed by atoms with Crippen molar-refractivity contribution < 1.29 is 23.8 Å². The molecule has 10 heteroatoms. The predicted molar refractivity (Wildman–Crippen MR) is 146 cm³/mol. The number of aromatic nitrogens is 2. The topological polar surface area (TPSA) is 97.3 Å². The number of benzene rings is 2. The van der Waals surface area contributed by atoms with Crippen LogP contribution < -0.4 is 19.1 Å². The van der Waals surface area contributed by atoms with Crippen molar-refractivity contribution in [3.8, 4) is 28.5 Å². The van der Waals surface area contributed by atoms with E-state index < -0.39 is 0 Å². The summed E-state index contributed by atoms with van der Waals surface area (Å²) in [6.07, 6.45) is 1.86. The molecule has 2 amide bonds. The van der Waals surface area contributed by atoms with Gasteiger partial charge in [0.05, 0.1) is 27.0 Å². The van der Waals surface area contributed by atoms with Gasteiger partial charge in [0.2, 0.25) is 5.91 Å². The largest absolute Gasteiger partial charge is 0.497 e. The van der Waals surface area contributed by atoms with E-state index in [4.69, 9.17) is 14.2 Å². The predicted octanol–water partition coefficient (Wildman–Crippen LogP) is 3.12. The van der Waals surface area contributed by atoms with Gasteiger partial charge in [-0.25, -0.2) is 0 Å². The molecule has 1 saturated heterocycles. The third-order valence-corrected chi connectivity index (χ3v) is 7.18. The molecule has 1 aromatic heterocycles. The summed E-state index contributed by atoms with van der Waals surface area (Å²) in [6, 6.07) is 16.7. The molecule has 1 saturated carbocycles. The summed E-state index contributed by atoms with van der Waals surface area (Å²) in [6.45, 7) is 2.51. The highest BCUT2D eigenvalue weighted by atomic mass is 16.5. The quantitative estimate of drug-likeness (QED) is 0.416. The average molecular weight is 532 g/mol. The molecule has 2 heterocycles. The van der Waals surface area contributed by atoms with E-state index in [9.17, 15) is 9.59 Å². The minimum atomic E-state index is -0.114. The number of ether oxygens (including phenoxy) is 3. The first kappa shape index (κ1) is 26.3. The van der Waals surface area contributed by atoms with Gasteiger partial charge in [-0.15, -0.1) is 10.2 Å². The second kappa shape index (κ2) is 11.6. The highest BCUT2D eigenvalue weighted by Gasteiger charge is 2.35. The summed E-state index contributed by atoms with van der Waals surface area (Å²) in [5.74, 6) is 2.60. The van der Waals surface area contributed by atoms with Gasteiger partial charge in [0.15, 0.2) is 17.3 Å². The van der Waals surface area contributed by atoms with Gasteiger partial charge in [-0.05, 0) is 67.4 Å². The summed E-state index contributed by atoms with van der Waals surface area (Å²) >= 11 is 0. The number of piperazine rings is 1. The molecule has 39 heavy (non-hydrogen) atoms. The number of hydrogen-bond acceptors (Lipinski definition) is 8. The first-order valence-electron chi connectivity index (χ1n) is 13.0. The van der Waals surface area contributed by atoms with E-state index in [1.807, 2.05) is 35.2 Å². The van der Waals surface area contributed by atoms with Gasteiger partial charge in [-0.1, -0.05) is 0 Å². The highest BCUT2D eigenvalue weighted by molar-refractivity contribution is 5.97. The molecule has 1 aliphatic carbocycles. The van der Waals surface area contributed by atoms with Crippen LogP contribution in [0.2, 0.25) is 0 Å². The third-order valence-electron chi connectivity index (χ3n) is 7.18. The molecule has 0 N–H and O–H groups in total.